The molecule has 1 aromatic rings. The maximum absolute atomic E-state index is 12.3. The lowest BCUT2D eigenvalue weighted by molar-refractivity contribution is -0.154. The summed E-state index contributed by atoms with van der Waals surface area (Å²) in [6.45, 7) is 0. The van der Waals surface area contributed by atoms with Crippen LogP contribution in [0.2, 0.25) is 0 Å². The number of alkyl halides is 3. The Labute approximate surface area is 91.9 Å². The summed E-state index contributed by atoms with van der Waals surface area (Å²) in [7, 11) is 0. The van der Waals surface area contributed by atoms with Crippen molar-refractivity contribution < 1.29 is 18.3 Å². The molecule has 0 heterocycles. The molecule has 1 N–H and O–H groups in total. The zero-order valence-electron chi connectivity index (χ0n) is 8.67. The molecule has 1 nitrogen and oxygen atoms in total. The summed E-state index contributed by atoms with van der Waals surface area (Å²) < 4.78 is 36.8. The molecular weight excluding hydrogens is 217 g/mol. The van der Waals surface area contributed by atoms with Crippen LogP contribution in [0.5, 0.6) is 0 Å². The monoisotopic (exact) mass is 230 g/mol. The van der Waals surface area contributed by atoms with Gasteiger partial charge in [-0.15, -0.1) is 0 Å². The molecule has 0 fully saturated rings. The molecule has 1 aromatic carbocycles. The predicted octanol–water partition coefficient (Wildman–Crippen LogP) is 3.23. The van der Waals surface area contributed by atoms with Gasteiger partial charge in [0.1, 0.15) is 0 Å². The highest BCUT2D eigenvalue weighted by molar-refractivity contribution is 5.31. The van der Waals surface area contributed by atoms with E-state index in [2.05, 4.69) is 0 Å². The van der Waals surface area contributed by atoms with E-state index < -0.39 is 24.6 Å². The van der Waals surface area contributed by atoms with Crippen LogP contribution in [-0.4, -0.2) is 11.3 Å². The van der Waals surface area contributed by atoms with Gasteiger partial charge in [0.25, 0.3) is 0 Å². The maximum atomic E-state index is 12.3. The zero-order valence-corrected chi connectivity index (χ0v) is 8.67. The third-order valence-electron chi connectivity index (χ3n) is 3.10. The summed E-state index contributed by atoms with van der Waals surface area (Å²) in [4.78, 5) is 0. The average Bonchev–Trinajstić information content (AvgIpc) is 2.21. The summed E-state index contributed by atoms with van der Waals surface area (Å²) in [5, 5.41) is 9.88. The highest BCUT2D eigenvalue weighted by atomic mass is 19.4. The lowest BCUT2D eigenvalue weighted by atomic mass is 9.80. The Kier molecular flexibility index (Phi) is 2.93. The van der Waals surface area contributed by atoms with Gasteiger partial charge in [-0.05, 0) is 29.9 Å². The molecule has 0 aliphatic heterocycles. The van der Waals surface area contributed by atoms with Crippen molar-refractivity contribution in [3.63, 3.8) is 0 Å². The van der Waals surface area contributed by atoms with Crippen LogP contribution in [0.1, 0.15) is 30.1 Å². The highest BCUT2D eigenvalue weighted by Crippen LogP contribution is 2.40. The number of aliphatic hydroxyl groups is 1. The Balaban J connectivity index is 2.18. The van der Waals surface area contributed by atoms with E-state index in [1.807, 2.05) is 12.1 Å². The second-order valence-corrected chi connectivity index (χ2v) is 4.26. The van der Waals surface area contributed by atoms with Crippen molar-refractivity contribution in [2.75, 3.05) is 0 Å². The molecule has 2 unspecified atom stereocenters. The van der Waals surface area contributed by atoms with Gasteiger partial charge in [-0.1, -0.05) is 24.3 Å². The summed E-state index contributed by atoms with van der Waals surface area (Å²) in [5.74, 6) is -0.699. The normalized spacial score (nSPS) is 25.2. The summed E-state index contributed by atoms with van der Waals surface area (Å²) in [6.07, 6.45) is -5.06. The molecule has 2 atom stereocenters. The Morgan fingerprint density at radius 1 is 1.25 bits per heavy atom. The Morgan fingerprint density at radius 3 is 2.62 bits per heavy atom. The van der Waals surface area contributed by atoms with Gasteiger partial charge in [-0.25, -0.2) is 0 Å². The molecule has 0 radical (unpaired) electrons. The smallest absolute Gasteiger partial charge is 0.388 e. The second kappa shape index (κ2) is 4.09. The van der Waals surface area contributed by atoms with E-state index in [4.69, 9.17) is 0 Å². The number of aliphatic hydroxyl groups excluding tert-OH is 1. The lowest BCUT2D eigenvalue weighted by Gasteiger charge is -2.30. The molecule has 0 saturated carbocycles. The topological polar surface area (TPSA) is 20.2 Å². The van der Waals surface area contributed by atoms with Gasteiger partial charge in [0.2, 0.25) is 0 Å². The van der Waals surface area contributed by atoms with Gasteiger partial charge in [-0.3, -0.25) is 0 Å². The van der Waals surface area contributed by atoms with Crippen LogP contribution in [0.3, 0.4) is 0 Å². The summed E-state index contributed by atoms with van der Waals surface area (Å²) in [6, 6.07) is 7.17. The molecule has 0 bridgehead atoms. The number of rotatable bonds is 1. The van der Waals surface area contributed by atoms with Crippen LogP contribution < -0.4 is 0 Å². The first kappa shape index (κ1) is 11.5. The van der Waals surface area contributed by atoms with Crippen LogP contribution in [0.15, 0.2) is 24.3 Å². The molecule has 1 aliphatic carbocycles. The third kappa shape index (κ3) is 2.38. The van der Waals surface area contributed by atoms with E-state index in [-0.39, 0.29) is 0 Å². The van der Waals surface area contributed by atoms with Crippen LogP contribution in [-0.2, 0) is 6.42 Å². The standard InChI is InChI=1S/C12H13F3O/c13-12(14,15)7-9-6-5-8-3-1-2-4-10(8)11(9)16/h1-4,9,11,16H,5-7H2. The van der Waals surface area contributed by atoms with Crippen molar-refractivity contribution in [3.05, 3.63) is 35.4 Å². The van der Waals surface area contributed by atoms with Crippen LogP contribution in [0.25, 0.3) is 0 Å². The van der Waals surface area contributed by atoms with Crippen LogP contribution in [0.4, 0.5) is 13.2 Å². The Hall–Kier alpha value is -1.03. The molecular formula is C12H13F3O. The van der Waals surface area contributed by atoms with Gasteiger partial charge in [0, 0.05) is 6.42 Å². The highest BCUT2D eigenvalue weighted by Gasteiger charge is 2.37. The average molecular weight is 230 g/mol. The number of hydrogen-bond donors (Lipinski definition) is 1. The minimum absolute atomic E-state index is 0.400. The fraction of sp³-hybridized carbons (Fsp3) is 0.500. The molecule has 0 aromatic heterocycles. The van der Waals surface area contributed by atoms with Crippen LogP contribution >= 0.6 is 0 Å². The van der Waals surface area contributed by atoms with Gasteiger partial charge >= 0.3 is 6.18 Å². The van der Waals surface area contributed by atoms with Gasteiger partial charge in [0.05, 0.1) is 6.10 Å². The SMILES string of the molecule is OC1c2ccccc2CCC1CC(F)(F)F. The lowest BCUT2D eigenvalue weighted by Crippen LogP contribution is -2.25. The molecule has 0 spiro atoms. The van der Waals surface area contributed by atoms with E-state index in [9.17, 15) is 18.3 Å². The van der Waals surface area contributed by atoms with E-state index in [1.165, 1.54) is 0 Å². The molecule has 0 amide bonds. The molecule has 0 saturated heterocycles. The van der Waals surface area contributed by atoms with Gasteiger partial charge in [0.15, 0.2) is 0 Å². The number of halogens is 3. The second-order valence-electron chi connectivity index (χ2n) is 4.26. The zero-order chi connectivity index (χ0) is 11.8. The van der Waals surface area contributed by atoms with Crippen molar-refractivity contribution in [2.45, 2.75) is 31.5 Å². The number of benzene rings is 1. The fourth-order valence-electron chi connectivity index (χ4n) is 2.31. The Morgan fingerprint density at radius 2 is 1.94 bits per heavy atom. The number of fused-ring (bicyclic) bond motifs is 1. The van der Waals surface area contributed by atoms with Crippen molar-refractivity contribution in [3.8, 4) is 0 Å². The first-order chi connectivity index (χ1) is 7.47. The van der Waals surface area contributed by atoms with Crippen molar-refractivity contribution >= 4 is 0 Å². The molecule has 88 valence electrons. The summed E-state index contributed by atoms with van der Waals surface area (Å²) in [5.41, 5.74) is 1.62. The van der Waals surface area contributed by atoms with Crippen LogP contribution in [0, 0.1) is 5.92 Å². The first-order valence-corrected chi connectivity index (χ1v) is 5.30. The third-order valence-corrected chi connectivity index (χ3v) is 3.10. The van der Waals surface area contributed by atoms with Gasteiger partial charge < -0.3 is 5.11 Å². The maximum Gasteiger partial charge on any atom is 0.389 e. The number of aryl methyl sites for hydroxylation is 1. The van der Waals surface area contributed by atoms with E-state index in [0.717, 1.165) is 5.56 Å². The van der Waals surface area contributed by atoms with Crippen molar-refractivity contribution in [1.82, 2.24) is 0 Å². The quantitative estimate of drug-likeness (QED) is 0.785. The Bertz CT molecular complexity index is 373. The largest absolute Gasteiger partial charge is 0.389 e. The molecule has 2 rings (SSSR count). The molecule has 16 heavy (non-hydrogen) atoms. The molecule has 1 aliphatic rings. The summed E-state index contributed by atoms with van der Waals surface area (Å²) >= 11 is 0. The van der Waals surface area contributed by atoms with Gasteiger partial charge in [-0.2, -0.15) is 13.2 Å². The van der Waals surface area contributed by atoms with E-state index >= 15 is 0 Å². The minimum Gasteiger partial charge on any atom is -0.388 e. The molecule has 4 heteroatoms. The fourth-order valence-corrected chi connectivity index (χ4v) is 2.31. The van der Waals surface area contributed by atoms with Crippen molar-refractivity contribution in [2.24, 2.45) is 5.92 Å². The van der Waals surface area contributed by atoms with E-state index in [0.29, 0.717) is 18.4 Å². The predicted molar refractivity (Wildman–Crippen MR) is 53.9 cm³/mol. The first-order valence-electron chi connectivity index (χ1n) is 5.30. The van der Waals surface area contributed by atoms with Crippen molar-refractivity contribution in [1.29, 1.82) is 0 Å². The van der Waals surface area contributed by atoms with E-state index in [1.54, 1.807) is 12.1 Å². The number of hydrogen-bond acceptors (Lipinski definition) is 1. The minimum atomic E-state index is -4.20.